The fourth-order valence-corrected chi connectivity index (χ4v) is 2.76. The zero-order valence-corrected chi connectivity index (χ0v) is 12.1. The maximum atomic E-state index is 12.5. The molecule has 122 valence electrons. The van der Waals surface area contributed by atoms with Gasteiger partial charge in [-0.15, -0.1) is 0 Å². The molecule has 0 heterocycles. The highest BCUT2D eigenvalue weighted by atomic mass is 19.4. The molecule has 1 rings (SSSR count). The van der Waals surface area contributed by atoms with Gasteiger partial charge < -0.3 is 10.4 Å². The normalized spacial score (nSPS) is 24.4. The van der Waals surface area contributed by atoms with Gasteiger partial charge in [0, 0.05) is 6.42 Å². The molecular weight excluding hydrogens is 287 g/mol. The largest absolute Gasteiger partial charge is 0.480 e. The van der Waals surface area contributed by atoms with Crippen molar-refractivity contribution in [2.45, 2.75) is 64.1 Å². The highest BCUT2D eigenvalue weighted by Crippen LogP contribution is 2.40. The average Bonchev–Trinajstić information content (AvgIpc) is 2.37. The SMILES string of the molecule is CCCC(NC(=O)CC1CCC(C(F)(F)F)CC1)C(=O)O. The number of carbonyl (C=O) groups excluding carboxylic acids is 1. The van der Waals surface area contributed by atoms with E-state index in [2.05, 4.69) is 5.32 Å². The van der Waals surface area contributed by atoms with Crippen LogP contribution in [-0.4, -0.2) is 29.2 Å². The zero-order chi connectivity index (χ0) is 16.0. The molecule has 1 aliphatic carbocycles. The zero-order valence-electron chi connectivity index (χ0n) is 12.1. The predicted octanol–water partition coefficient (Wildman–Crippen LogP) is 3.11. The number of carboxylic acids is 1. The number of nitrogens with one attached hydrogen (secondary N) is 1. The smallest absolute Gasteiger partial charge is 0.391 e. The van der Waals surface area contributed by atoms with Gasteiger partial charge in [-0.2, -0.15) is 13.2 Å². The van der Waals surface area contributed by atoms with Gasteiger partial charge in [0.2, 0.25) is 5.91 Å². The van der Waals surface area contributed by atoms with E-state index in [4.69, 9.17) is 5.11 Å². The Balaban J connectivity index is 2.38. The second kappa shape index (κ2) is 7.66. The molecule has 1 amide bonds. The molecule has 1 fully saturated rings. The van der Waals surface area contributed by atoms with E-state index >= 15 is 0 Å². The van der Waals surface area contributed by atoms with Crippen LogP contribution in [0, 0.1) is 11.8 Å². The molecule has 1 unspecified atom stereocenters. The Morgan fingerprint density at radius 2 is 1.81 bits per heavy atom. The molecule has 0 aromatic carbocycles. The minimum atomic E-state index is -4.15. The van der Waals surface area contributed by atoms with Crippen LogP contribution in [0.15, 0.2) is 0 Å². The molecule has 4 nitrogen and oxygen atoms in total. The number of hydrogen-bond acceptors (Lipinski definition) is 2. The Labute approximate surface area is 122 Å². The maximum absolute atomic E-state index is 12.5. The van der Waals surface area contributed by atoms with Gasteiger partial charge in [-0.05, 0) is 38.0 Å². The maximum Gasteiger partial charge on any atom is 0.391 e. The van der Waals surface area contributed by atoms with Crippen LogP contribution < -0.4 is 5.32 Å². The molecule has 7 heteroatoms. The van der Waals surface area contributed by atoms with Crippen LogP contribution in [0.5, 0.6) is 0 Å². The van der Waals surface area contributed by atoms with Crippen molar-refractivity contribution in [1.82, 2.24) is 5.32 Å². The van der Waals surface area contributed by atoms with Crippen molar-refractivity contribution in [3.63, 3.8) is 0 Å². The van der Waals surface area contributed by atoms with Gasteiger partial charge in [0.25, 0.3) is 0 Å². The van der Waals surface area contributed by atoms with E-state index in [-0.39, 0.29) is 31.1 Å². The highest BCUT2D eigenvalue weighted by molar-refractivity contribution is 5.83. The monoisotopic (exact) mass is 309 g/mol. The van der Waals surface area contributed by atoms with Gasteiger partial charge in [0.15, 0.2) is 0 Å². The van der Waals surface area contributed by atoms with E-state index in [0.29, 0.717) is 25.7 Å². The molecule has 0 saturated heterocycles. The second-order valence-electron chi connectivity index (χ2n) is 5.71. The van der Waals surface area contributed by atoms with Crippen LogP contribution >= 0.6 is 0 Å². The number of carboxylic acid groups (broad SMARTS) is 1. The number of carbonyl (C=O) groups is 2. The molecule has 1 saturated carbocycles. The Bertz CT molecular complexity index is 363. The minimum absolute atomic E-state index is 0.0543. The van der Waals surface area contributed by atoms with Gasteiger partial charge in [-0.3, -0.25) is 4.79 Å². The quantitative estimate of drug-likeness (QED) is 0.792. The van der Waals surface area contributed by atoms with Crippen molar-refractivity contribution >= 4 is 11.9 Å². The first-order valence-electron chi connectivity index (χ1n) is 7.32. The van der Waals surface area contributed by atoms with E-state index in [1.54, 1.807) is 0 Å². The summed E-state index contributed by atoms with van der Waals surface area (Å²) in [6.07, 6.45) is -2.22. The predicted molar refractivity (Wildman–Crippen MR) is 70.6 cm³/mol. The molecule has 0 bridgehead atoms. The Morgan fingerprint density at radius 3 is 2.24 bits per heavy atom. The van der Waals surface area contributed by atoms with Crippen LogP contribution in [-0.2, 0) is 9.59 Å². The molecule has 1 atom stereocenters. The minimum Gasteiger partial charge on any atom is -0.480 e. The van der Waals surface area contributed by atoms with Gasteiger partial charge in [-0.1, -0.05) is 13.3 Å². The molecule has 0 aromatic rings. The number of alkyl halides is 3. The van der Waals surface area contributed by atoms with E-state index < -0.39 is 24.1 Å². The molecule has 2 N–H and O–H groups in total. The lowest BCUT2D eigenvalue weighted by atomic mass is 9.80. The third kappa shape index (κ3) is 5.93. The third-order valence-corrected chi connectivity index (χ3v) is 3.99. The Kier molecular flexibility index (Phi) is 6.48. The van der Waals surface area contributed by atoms with Crippen molar-refractivity contribution in [2.24, 2.45) is 11.8 Å². The second-order valence-corrected chi connectivity index (χ2v) is 5.71. The van der Waals surface area contributed by atoms with E-state index in [9.17, 15) is 22.8 Å². The topological polar surface area (TPSA) is 66.4 Å². The Morgan fingerprint density at radius 1 is 1.24 bits per heavy atom. The van der Waals surface area contributed by atoms with Crippen molar-refractivity contribution in [2.75, 3.05) is 0 Å². The van der Waals surface area contributed by atoms with Gasteiger partial charge in [0.05, 0.1) is 5.92 Å². The van der Waals surface area contributed by atoms with Gasteiger partial charge in [0.1, 0.15) is 6.04 Å². The van der Waals surface area contributed by atoms with E-state index in [1.807, 2.05) is 6.92 Å². The first-order chi connectivity index (χ1) is 9.74. The summed E-state index contributed by atoms with van der Waals surface area (Å²) in [6.45, 7) is 1.82. The summed E-state index contributed by atoms with van der Waals surface area (Å²) in [5.74, 6) is -2.80. The summed E-state index contributed by atoms with van der Waals surface area (Å²) in [5, 5.41) is 11.4. The van der Waals surface area contributed by atoms with Crippen molar-refractivity contribution < 1.29 is 27.9 Å². The lowest BCUT2D eigenvalue weighted by Gasteiger charge is -2.29. The molecule has 0 aliphatic heterocycles. The van der Waals surface area contributed by atoms with Gasteiger partial charge >= 0.3 is 12.1 Å². The number of rotatable bonds is 6. The van der Waals surface area contributed by atoms with Crippen molar-refractivity contribution in [3.8, 4) is 0 Å². The van der Waals surface area contributed by atoms with Crippen molar-refractivity contribution in [3.05, 3.63) is 0 Å². The molecule has 1 aliphatic rings. The number of aliphatic carboxylic acids is 1. The van der Waals surface area contributed by atoms with Crippen LogP contribution in [0.3, 0.4) is 0 Å². The molecule has 0 spiro atoms. The lowest BCUT2D eigenvalue weighted by molar-refractivity contribution is -0.184. The summed E-state index contributed by atoms with van der Waals surface area (Å²) in [4.78, 5) is 22.7. The first-order valence-corrected chi connectivity index (χ1v) is 7.32. The standard InChI is InChI=1S/C14H22F3NO3/c1-2-3-11(13(20)21)18-12(19)8-9-4-6-10(7-5-9)14(15,16)17/h9-11H,2-8H2,1H3,(H,18,19)(H,20,21). The number of halogens is 3. The van der Waals surface area contributed by atoms with E-state index in [1.165, 1.54) is 0 Å². The Hall–Kier alpha value is -1.27. The molecular formula is C14H22F3NO3. The molecule has 0 aromatic heterocycles. The molecule has 0 radical (unpaired) electrons. The van der Waals surface area contributed by atoms with Crippen molar-refractivity contribution in [1.29, 1.82) is 0 Å². The first kappa shape index (κ1) is 17.8. The fraction of sp³-hybridized carbons (Fsp3) is 0.857. The number of hydrogen-bond donors (Lipinski definition) is 2. The number of amides is 1. The van der Waals surface area contributed by atoms with Crippen LogP contribution in [0.4, 0.5) is 13.2 Å². The fourth-order valence-electron chi connectivity index (χ4n) is 2.76. The highest BCUT2D eigenvalue weighted by Gasteiger charge is 2.41. The average molecular weight is 309 g/mol. The summed E-state index contributed by atoms with van der Waals surface area (Å²) in [6, 6.07) is -0.908. The van der Waals surface area contributed by atoms with Crippen LogP contribution in [0.25, 0.3) is 0 Å². The third-order valence-electron chi connectivity index (χ3n) is 3.99. The van der Waals surface area contributed by atoms with E-state index in [0.717, 1.165) is 0 Å². The summed E-state index contributed by atoms with van der Waals surface area (Å²) in [5.41, 5.74) is 0. The lowest BCUT2D eigenvalue weighted by Crippen LogP contribution is -2.41. The van der Waals surface area contributed by atoms with Crippen LogP contribution in [0.1, 0.15) is 51.9 Å². The molecule has 21 heavy (non-hydrogen) atoms. The summed E-state index contributed by atoms with van der Waals surface area (Å²) < 4.78 is 37.6. The van der Waals surface area contributed by atoms with Crippen LogP contribution in [0.2, 0.25) is 0 Å². The summed E-state index contributed by atoms with van der Waals surface area (Å²) in [7, 11) is 0. The van der Waals surface area contributed by atoms with Gasteiger partial charge in [-0.25, -0.2) is 4.79 Å². The summed E-state index contributed by atoms with van der Waals surface area (Å²) >= 11 is 0.